The number of rotatable bonds is 3. The van der Waals surface area contributed by atoms with Crippen LogP contribution >= 0.6 is 0 Å². The summed E-state index contributed by atoms with van der Waals surface area (Å²) < 4.78 is 43.8. The number of nitrogens with zero attached hydrogens (tertiary/aromatic N) is 4. The van der Waals surface area contributed by atoms with Gasteiger partial charge in [0, 0.05) is 59.5 Å². The van der Waals surface area contributed by atoms with E-state index in [1.165, 1.54) is 52.7 Å². The molecule has 0 saturated heterocycles. The van der Waals surface area contributed by atoms with Gasteiger partial charge in [0.05, 0.1) is 27.0 Å². The largest absolute Gasteiger partial charge is 0.422 e. The molecule has 0 bridgehead atoms. The van der Waals surface area contributed by atoms with Gasteiger partial charge in [0.2, 0.25) is 0 Å². The van der Waals surface area contributed by atoms with Crippen molar-refractivity contribution in [2.24, 2.45) is 0 Å². The lowest BCUT2D eigenvalue weighted by molar-refractivity contribution is 0.483. The van der Waals surface area contributed by atoms with E-state index in [2.05, 4.69) is 41.9 Å². The molecule has 8 heterocycles. The summed E-state index contributed by atoms with van der Waals surface area (Å²) in [7, 11) is -4.33. The summed E-state index contributed by atoms with van der Waals surface area (Å²) in [4.78, 5) is 45.6. The van der Waals surface area contributed by atoms with Crippen molar-refractivity contribution in [2.75, 3.05) is 36.0 Å². The molecule has 4 aliphatic rings. The lowest BCUT2D eigenvalue weighted by Crippen LogP contribution is -2.34. The van der Waals surface area contributed by atoms with E-state index in [0.29, 0.717) is 33.8 Å². The van der Waals surface area contributed by atoms with E-state index in [4.69, 9.17) is 8.83 Å². The molecule has 58 heavy (non-hydrogen) atoms. The number of fused-ring (bicyclic) bond motifs is 6. The third-order valence-corrected chi connectivity index (χ3v) is 12.9. The lowest BCUT2D eigenvalue weighted by Gasteiger charge is -2.37. The Hall–Kier alpha value is -6.25. The first-order chi connectivity index (χ1) is 28.2. The number of para-hydroxylation sites is 2. The number of hydrogen-bond donors (Lipinski definition) is 3. The first-order valence-electron chi connectivity index (χ1n) is 19.8. The van der Waals surface area contributed by atoms with Crippen molar-refractivity contribution in [1.29, 1.82) is 0 Å². The molecule has 0 spiro atoms. The molecule has 14 heteroatoms. The highest BCUT2D eigenvalue weighted by molar-refractivity contribution is 7.85. The zero-order valence-electron chi connectivity index (χ0n) is 31.4. The Morgan fingerprint density at radius 1 is 0.603 bits per heavy atom. The van der Waals surface area contributed by atoms with Crippen LogP contribution in [0.25, 0.3) is 66.8 Å². The maximum absolute atomic E-state index is 12.9. The van der Waals surface area contributed by atoms with Gasteiger partial charge in [0.25, 0.3) is 10.1 Å². The molecule has 4 aliphatic heterocycles. The van der Waals surface area contributed by atoms with Crippen molar-refractivity contribution in [3.8, 4) is 22.8 Å². The van der Waals surface area contributed by atoms with Gasteiger partial charge in [-0.05, 0) is 117 Å². The standard InChI is InChI=1S/C22H19N3O5S.C22H19N3O2/c26-22-16(21-23-17-6-5-14(31(27,28)29)11-18(17)24-21)10-13-9-12-3-1-7-25-8-2-4-15(19(12)25)20(13)30-22;26-22-16(21-23-17-7-1-2-8-18(17)24-21)12-14-11-13-5-3-9-25-10-4-6-15(19(13)25)20(14)27-22/h5-6,9-11H,1-4,7-8H2,(H,23,24)(H,27,28,29);1-2,7-8,11-12H,3-6,9-10H2,(H,23,24). The Bertz CT molecular complexity index is 3220. The average Bonchev–Trinajstić information content (AvgIpc) is 3.86. The third-order valence-electron chi connectivity index (χ3n) is 12.1. The van der Waals surface area contributed by atoms with Crippen LogP contribution in [-0.4, -0.2) is 59.1 Å². The summed E-state index contributed by atoms with van der Waals surface area (Å²) in [6, 6.07) is 19.9. The Morgan fingerprint density at radius 3 is 1.64 bits per heavy atom. The number of H-pyrrole nitrogens is 2. The highest BCUT2D eigenvalue weighted by Crippen LogP contribution is 2.42. The fraction of sp³-hybridized carbons (Fsp3) is 0.273. The normalized spacial score (nSPS) is 16.1. The van der Waals surface area contributed by atoms with Crippen molar-refractivity contribution in [3.63, 3.8) is 0 Å². The highest BCUT2D eigenvalue weighted by Gasteiger charge is 2.29. The lowest BCUT2D eigenvalue weighted by atomic mass is 9.90. The number of hydrogen-bond acceptors (Lipinski definition) is 10. The highest BCUT2D eigenvalue weighted by atomic mass is 32.2. The average molecular weight is 795 g/mol. The van der Waals surface area contributed by atoms with Gasteiger partial charge in [-0.2, -0.15) is 8.42 Å². The molecule has 0 atom stereocenters. The molecular weight excluding hydrogens is 757 g/mol. The summed E-state index contributed by atoms with van der Waals surface area (Å²) >= 11 is 0. The van der Waals surface area contributed by atoms with E-state index in [1.54, 1.807) is 6.07 Å². The van der Waals surface area contributed by atoms with Crippen LogP contribution in [0.1, 0.15) is 47.9 Å². The molecule has 13 nitrogen and oxygen atoms in total. The van der Waals surface area contributed by atoms with Crippen LogP contribution in [-0.2, 0) is 35.8 Å². The van der Waals surface area contributed by atoms with E-state index in [9.17, 15) is 22.6 Å². The van der Waals surface area contributed by atoms with Crippen LogP contribution in [0.3, 0.4) is 0 Å². The van der Waals surface area contributed by atoms with Gasteiger partial charge in [-0.3, -0.25) is 4.55 Å². The van der Waals surface area contributed by atoms with Crippen LogP contribution in [0.5, 0.6) is 0 Å². The second kappa shape index (κ2) is 13.1. The second-order valence-corrected chi connectivity index (χ2v) is 17.1. The summed E-state index contributed by atoms with van der Waals surface area (Å²) in [5.41, 5.74) is 11.6. The topological polar surface area (TPSA) is 179 Å². The van der Waals surface area contributed by atoms with Gasteiger partial charge in [-0.25, -0.2) is 19.6 Å². The molecule has 3 N–H and O–H groups in total. The van der Waals surface area contributed by atoms with Crippen molar-refractivity contribution in [2.45, 2.75) is 56.3 Å². The van der Waals surface area contributed by atoms with Crippen LogP contribution < -0.4 is 21.1 Å². The maximum Gasteiger partial charge on any atom is 0.347 e. The zero-order valence-corrected chi connectivity index (χ0v) is 32.2. The molecule has 12 rings (SSSR count). The minimum absolute atomic E-state index is 0.240. The van der Waals surface area contributed by atoms with Crippen LogP contribution in [0.15, 0.2) is 90.0 Å². The molecule has 4 aromatic carbocycles. The fourth-order valence-corrected chi connectivity index (χ4v) is 10.1. The third kappa shape index (κ3) is 5.72. The monoisotopic (exact) mass is 794 g/mol. The van der Waals surface area contributed by atoms with Crippen LogP contribution in [0.4, 0.5) is 11.4 Å². The summed E-state index contributed by atoms with van der Waals surface area (Å²) in [6.07, 6.45) is 8.41. The number of imidazole rings is 2. The zero-order chi connectivity index (χ0) is 39.3. The molecule has 4 aromatic heterocycles. The van der Waals surface area contributed by atoms with E-state index in [1.807, 2.05) is 30.3 Å². The minimum Gasteiger partial charge on any atom is -0.422 e. The number of aryl methyl sites for hydroxylation is 4. The Kier molecular flexibility index (Phi) is 7.92. The summed E-state index contributed by atoms with van der Waals surface area (Å²) in [5, 5.41) is 1.87. The van der Waals surface area contributed by atoms with Crippen LogP contribution in [0.2, 0.25) is 0 Å². The molecule has 0 fully saturated rings. The summed E-state index contributed by atoms with van der Waals surface area (Å²) in [6.45, 7) is 4.29. The molecule has 0 radical (unpaired) electrons. The summed E-state index contributed by atoms with van der Waals surface area (Å²) in [5.74, 6) is 0.867. The van der Waals surface area contributed by atoms with Gasteiger partial charge >= 0.3 is 11.3 Å². The van der Waals surface area contributed by atoms with Crippen LogP contribution in [0, 0.1) is 0 Å². The quantitative estimate of drug-likeness (QED) is 0.121. The smallest absolute Gasteiger partial charge is 0.347 e. The van der Waals surface area contributed by atoms with Gasteiger partial charge in [-0.1, -0.05) is 12.1 Å². The molecule has 0 unspecified atom stereocenters. The van der Waals surface area contributed by atoms with Crippen molar-refractivity contribution in [3.05, 3.63) is 110 Å². The van der Waals surface area contributed by atoms with E-state index in [0.717, 1.165) is 104 Å². The molecule has 8 aromatic rings. The van der Waals surface area contributed by atoms with E-state index in [-0.39, 0.29) is 16.1 Å². The van der Waals surface area contributed by atoms with E-state index >= 15 is 0 Å². The van der Waals surface area contributed by atoms with E-state index < -0.39 is 15.7 Å². The number of aromatic amines is 2. The molecule has 0 aliphatic carbocycles. The minimum atomic E-state index is -4.33. The van der Waals surface area contributed by atoms with Gasteiger partial charge < -0.3 is 28.6 Å². The van der Waals surface area contributed by atoms with Gasteiger partial charge in [0.1, 0.15) is 33.9 Å². The van der Waals surface area contributed by atoms with Gasteiger partial charge in [0.15, 0.2) is 0 Å². The maximum atomic E-state index is 12.9. The fourth-order valence-electron chi connectivity index (χ4n) is 9.58. The molecule has 292 valence electrons. The number of anilines is 2. The Morgan fingerprint density at radius 2 is 1.10 bits per heavy atom. The number of nitrogens with one attached hydrogen (secondary N) is 2. The SMILES string of the molecule is O=c1oc2c3c4c(cc2cc1-c1nc2ccc(S(=O)(=O)O)cc2[nH]1)CCCN4CCC3.O=c1oc2c3c4c(cc2cc1-c1nc2ccccc2[nH]1)CCCN4CCC3. The van der Waals surface area contributed by atoms with Gasteiger partial charge in [-0.15, -0.1) is 0 Å². The Balaban J connectivity index is 0.000000134. The number of benzene rings is 4. The second-order valence-electron chi connectivity index (χ2n) is 15.7. The molecule has 0 saturated carbocycles. The first kappa shape index (κ1) is 35.0. The molecule has 0 amide bonds. The van der Waals surface area contributed by atoms with Crippen molar-refractivity contribution >= 4 is 65.5 Å². The predicted molar refractivity (Wildman–Crippen MR) is 223 cm³/mol. The first-order valence-corrected chi connectivity index (χ1v) is 21.3. The molecular formula is C44H38N6O7S. The Labute approximate surface area is 331 Å². The number of aromatic nitrogens is 4. The van der Waals surface area contributed by atoms with Crippen molar-refractivity contribution < 1.29 is 21.8 Å². The predicted octanol–water partition coefficient (Wildman–Crippen LogP) is 7.32. The van der Waals surface area contributed by atoms with Crippen molar-refractivity contribution in [1.82, 2.24) is 19.9 Å².